The summed E-state index contributed by atoms with van der Waals surface area (Å²) in [7, 11) is 4.38. The van der Waals surface area contributed by atoms with Crippen LogP contribution in [0.25, 0.3) is 0 Å². The molecule has 1 aliphatic rings. The van der Waals surface area contributed by atoms with Gasteiger partial charge in [0.1, 0.15) is 0 Å². The standard InChI is InChI=1S/C12H26N2S/c1-13-12-7-5-4-6-11(12)10-14(2)8-9-15-3/h11-13H,4-10H2,1-3H3. The topological polar surface area (TPSA) is 15.3 Å². The highest BCUT2D eigenvalue weighted by molar-refractivity contribution is 7.98. The van der Waals surface area contributed by atoms with Crippen LogP contribution in [-0.2, 0) is 0 Å². The van der Waals surface area contributed by atoms with Crippen molar-refractivity contribution < 1.29 is 0 Å². The molecule has 2 unspecified atom stereocenters. The van der Waals surface area contributed by atoms with Gasteiger partial charge in [-0.15, -0.1) is 0 Å². The predicted molar refractivity (Wildman–Crippen MR) is 70.7 cm³/mol. The maximum Gasteiger partial charge on any atom is 0.0104 e. The molecule has 0 aromatic carbocycles. The van der Waals surface area contributed by atoms with Crippen molar-refractivity contribution in [3.8, 4) is 0 Å². The van der Waals surface area contributed by atoms with Crippen LogP contribution in [0.15, 0.2) is 0 Å². The van der Waals surface area contributed by atoms with Gasteiger partial charge in [-0.2, -0.15) is 11.8 Å². The smallest absolute Gasteiger partial charge is 0.0104 e. The van der Waals surface area contributed by atoms with Crippen molar-refractivity contribution in [3.05, 3.63) is 0 Å². The van der Waals surface area contributed by atoms with Crippen LogP contribution in [0.1, 0.15) is 25.7 Å². The molecule has 0 spiro atoms. The van der Waals surface area contributed by atoms with Crippen LogP contribution >= 0.6 is 11.8 Å². The lowest BCUT2D eigenvalue weighted by molar-refractivity contribution is 0.200. The Hall–Kier alpha value is 0.270. The molecule has 0 bridgehead atoms. The fourth-order valence-corrected chi connectivity index (χ4v) is 3.04. The van der Waals surface area contributed by atoms with Crippen molar-refractivity contribution in [2.75, 3.05) is 39.2 Å². The van der Waals surface area contributed by atoms with Crippen molar-refractivity contribution in [3.63, 3.8) is 0 Å². The molecular weight excluding hydrogens is 204 g/mol. The first-order valence-electron chi connectivity index (χ1n) is 6.12. The largest absolute Gasteiger partial charge is 0.317 e. The first-order chi connectivity index (χ1) is 7.27. The summed E-state index contributed by atoms with van der Waals surface area (Å²) < 4.78 is 0. The number of thioether (sulfide) groups is 1. The van der Waals surface area contributed by atoms with Crippen LogP contribution in [-0.4, -0.2) is 50.1 Å². The third-order valence-corrected chi connectivity index (χ3v) is 4.09. The van der Waals surface area contributed by atoms with Gasteiger partial charge in [-0.25, -0.2) is 0 Å². The number of nitrogens with zero attached hydrogens (tertiary/aromatic N) is 1. The zero-order chi connectivity index (χ0) is 11.1. The lowest BCUT2D eigenvalue weighted by Crippen LogP contribution is -2.42. The normalized spacial score (nSPS) is 27.2. The fraction of sp³-hybridized carbons (Fsp3) is 1.00. The van der Waals surface area contributed by atoms with Crippen LogP contribution < -0.4 is 5.32 Å². The second-order valence-corrected chi connectivity index (χ2v) is 5.68. The van der Waals surface area contributed by atoms with Gasteiger partial charge in [-0.3, -0.25) is 0 Å². The maximum absolute atomic E-state index is 3.48. The molecule has 0 amide bonds. The minimum absolute atomic E-state index is 0.760. The van der Waals surface area contributed by atoms with Gasteiger partial charge in [-0.05, 0) is 39.1 Å². The van der Waals surface area contributed by atoms with E-state index in [9.17, 15) is 0 Å². The lowest BCUT2D eigenvalue weighted by atomic mass is 9.84. The van der Waals surface area contributed by atoms with E-state index in [1.165, 1.54) is 44.5 Å². The molecule has 15 heavy (non-hydrogen) atoms. The molecule has 2 atom stereocenters. The highest BCUT2D eigenvalue weighted by atomic mass is 32.2. The van der Waals surface area contributed by atoms with E-state index in [1.54, 1.807) is 0 Å². The Morgan fingerprint density at radius 2 is 2.07 bits per heavy atom. The molecule has 0 radical (unpaired) electrons. The average Bonchev–Trinajstić information content (AvgIpc) is 2.27. The number of hydrogen-bond acceptors (Lipinski definition) is 3. The van der Waals surface area contributed by atoms with Crippen LogP contribution in [0.2, 0.25) is 0 Å². The maximum atomic E-state index is 3.48. The van der Waals surface area contributed by atoms with Gasteiger partial charge < -0.3 is 10.2 Å². The fourth-order valence-electron chi connectivity index (χ4n) is 2.54. The molecule has 2 nitrogen and oxygen atoms in total. The average molecular weight is 230 g/mol. The van der Waals surface area contributed by atoms with E-state index >= 15 is 0 Å². The Morgan fingerprint density at radius 1 is 1.33 bits per heavy atom. The molecule has 0 aromatic rings. The van der Waals surface area contributed by atoms with Gasteiger partial charge >= 0.3 is 0 Å². The monoisotopic (exact) mass is 230 g/mol. The van der Waals surface area contributed by atoms with Gasteiger partial charge in [-0.1, -0.05) is 12.8 Å². The summed E-state index contributed by atoms with van der Waals surface area (Å²) >= 11 is 1.94. The molecule has 3 heteroatoms. The summed E-state index contributed by atoms with van der Waals surface area (Å²) in [5, 5.41) is 3.48. The van der Waals surface area contributed by atoms with Gasteiger partial charge in [0.15, 0.2) is 0 Å². The second-order valence-electron chi connectivity index (χ2n) is 4.69. The summed E-state index contributed by atoms with van der Waals surface area (Å²) in [6.07, 6.45) is 7.81. The molecule has 1 N–H and O–H groups in total. The van der Waals surface area contributed by atoms with E-state index < -0.39 is 0 Å². The molecule has 0 aromatic heterocycles. The highest BCUT2D eigenvalue weighted by Gasteiger charge is 2.24. The highest BCUT2D eigenvalue weighted by Crippen LogP contribution is 2.24. The van der Waals surface area contributed by atoms with Gasteiger partial charge in [0, 0.05) is 24.9 Å². The lowest BCUT2D eigenvalue weighted by Gasteiger charge is -2.34. The molecule has 1 fully saturated rings. The Labute approximate surface area is 99.2 Å². The SMILES string of the molecule is CNC1CCCCC1CN(C)CCSC. The summed E-state index contributed by atoms with van der Waals surface area (Å²) in [5.41, 5.74) is 0. The molecular formula is C12H26N2S. The molecule has 0 heterocycles. The molecule has 1 saturated carbocycles. The Bertz CT molecular complexity index is 164. The van der Waals surface area contributed by atoms with E-state index in [1.807, 2.05) is 11.8 Å². The third kappa shape index (κ3) is 4.75. The first-order valence-corrected chi connectivity index (χ1v) is 7.52. The Morgan fingerprint density at radius 3 is 2.73 bits per heavy atom. The summed E-state index contributed by atoms with van der Waals surface area (Å²) in [6.45, 7) is 2.50. The van der Waals surface area contributed by atoms with Crippen molar-refractivity contribution in [2.24, 2.45) is 5.92 Å². The molecule has 0 aliphatic heterocycles. The number of rotatable bonds is 6. The number of nitrogens with one attached hydrogen (secondary N) is 1. The zero-order valence-corrected chi connectivity index (χ0v) is 11.3. The van der Waals surface area contributed by atoms with Crippen LogP contribution in [0.5, 0.6) is 0 Å². The van der Waals surface area contributed by atoms with E-state index in [0.29, 0.717) is 0 Å². The predicted octanol–water partition coefficient (Wildman–Crippen LogP) is 2.06. The van der Waals surface area contributed by atoms with Crippen molar-refractivity contribution in [1.29, 1.82) is 0 Å². The van der Waals surface area contributed by atoms with Crippen molar-refractivity contribution in [2.45, 2.75) is 31.7 Å². The quantitative estimate of drug-likeness (QED) is 0.752. The zero-order valence-electron chi connectivity index (χ0n) is 10.5. The van der Waals surface area contributed by atoms with Crippen molar-refractivity contribution >= 4 is 11.8 Å². The summed E-state index contributed by atoms with van der Waals surface area (Å²) in [4.78, 5) is 2.50. The minimum atomic E-state index is 0.760. The van der Waals surface area contributed by atoms with Crippen molar-refractivity contribution in [1.82, 2.24) is 10.2 Å². The third-order valence-electron chi connectivity index (χ3n) is 3.50. The minimum Gasteiger partial charge on any atom is -0.317 e. The molecule has 1 rings (SSSR count). The van der Waals surface area contributed by atoms with Gasteiger partial charge in [0.2, 0.25) is 0 Å². The van der Waals surface area contributed by atoms with Gasteiger partial charge in [0.25, 0.3) is 0 Å². The summed E-state index contributed by atoms with van der Waals surface area (Å²) in [5.74, 6) is 2.13. The molecule has 90 valence electrons. The number of hydrogen-bond donors (Lipinski definition) is 1. The molecule has 0 saturated heterocycles. The van der Waals surface area contributed by atoms with Gasteiger partial charge in [0.05, 0.1) is 0 Å². The molecule has 1 aliphatic carbocycles. The van der Waals surface area contributed by atoms with E-state index in [-0.39, 0.29) is 0 Å². The second kappa shape index (κ2) is 7.53. The van der Waals surface area contributed by atoms with E-state index in [2.05, 4.69) is 30.6 Å². The van der Waals surface area contributed by atoms with Crippen LogP contribution in [0.4, 0.5) is 0 Å². The van der Waals surface area contributed by atoms with E-state index in [0.717, 1.165) is 12.0 Å². The van der Waals surface area contributed by atoms with E-state index in [4.69, 9.17) is 0 Å². The van der Waals surface area contributed by atoms with Crippen LogP contribution in [0.3, 0.4) is 0 Å². The Kier molecular flexibility index (Phi) is 6.69. The van der Waals surface area contributed by atoms with Crippen LogP contribution in [0, 0.1) is 5.92 Å². The summed E-state index contributed by atoms with van der Waals surface area (Å²) in [6, 6.07) is 0.760. The Balaban J connectivity index is 2.27. The first kappa shape index (κ1) is 13.3.